The first kappa shape index (κ1) is 50.1. The lowest BCUT2D eigenvalue weighted by Crippen LogP contribution is -2.62. The van der Waals surface area contributed by atoms with E-state index in [1.165, 1.54) is 14.8 Å². The average molecular weight is 973 g/mol. The number of carbonyl (C=O) groups excluding carboxylic acids is 5. The fraction of sp³-hybridized carbons (Fsp3) is 0.564. The molecule has 4 aromatic rings. The predicted octanol–water partition coefficient (Wildman–Crippen LogP) is 6.07. The Kier molecular flexibility index (Phi) is 14.4. The number of phenols is 1. The van der Waals surface area contributed by atoms with Gasteiger partial charge in [0.25, 0.3) is 5.91 Å². The minimum atomic E-state index is -1.16. The Labute approximate surface area is 417 Å². The van der Waals surface area contributed by atoms with Gasteiger partial charge in [0, 0.05) is 74.8 Å². The Morgan fingerprint density at radius 3 is 2.46 bits per heavy atom. The van der Waals surface area contributed by atoms with Crippen LogP contribution in [0.4, 0.5) is 0 Å². The molecule has 71 heavy (non-hydrogen) atoms. The number of amides is 4. The van der Waals surface area contributed by atoms with E-state index in [-0.39, 0.29) is 61.2 Å². The highest BCUT2D eigenvalue weighted by Gasteiger charge is 2.52. The number of phenolic OH excluding ortho intramolecular Hbond substituents is 1. The maximum Gasteiger partial charge on any atom is 0.324 e. The predicted molar refractivity (Wildman–Crippen MR) is 270 cm³/mol. The van der Waals surface area contributed by atoms with Gasteiger partial charge in [-0.3, -0.25) is 39.3 Å². The first-order valence-electron chi connectivity index (χ1n) is 25.8. The molecule has 9 rings (SSSR count). The molecule has 16 heteroatoms. The molecule has 5 heterocycles. The summed E-state index contributed by atoms with van der Waals surface area (Å²) in [5, 5.41) is 20.2. The molecule has 0 radical (unpaired) electrons. The lowest BCUT2D eigenvalue weighted by Gasteiger charge is -2.38. The zero-order chi connectivity index (χ0) is 50.5. The second-order valence-corrected chi connectivity index (χ2v) is 21.6. The Morgan fingerprint density at radius 1 is 0.986 bits per heavy atom. The summed E-state index contributed by atoms with van der Waals surface area (Å²) in [4.78, 5) is 79.6. The van der Waals surface area contributed by atoms with E-state index in [4.69, 9.17) is 14.5 Å². The van der Waals surface area contributed by atoms with E-state index < -0.39 is 47.4 Å². The van der Waals surface area contributed by atoms with Gasteiger partial charge in [0.05, 0.1) is 24.1 Å². The molecular formula is C55H72N8O8. The summed E-state index contributed by atoms with van der Waals surface area (Å²) in [6.45, 7) is 11.0. The number of ether oxygens (including phenoxy) is 2. The molecule has 0 unspecified atom stereocenters. The van der Waals surface area contributed by atoms with Crippen LogP contribution in [0.3, 0.4) is 0 Å². The Hall–Kier alpha value is -5.84. The summed E-state index contributed by atoms with van der Waals surface area (Å²) in [6, 6.07) is 11.7. The number of fused-ring (bicyclic) bond motifs is 6. The van der Waals surface area contributed by atoms with E-state index in [9.17, 15) is 29.1 Å². The van der Waals surface area contributed by atoms with Crippen molar-refractivity contribution in [1.29, 1.82) is 0 Å². The number of carbonyl (C=O) groups is 5. The molecule has 5 aliphatic rings. The van der Waals surface area contributed by atoms with Crippen molar-refractivity contribution in [2.24, 2.45) is 17.3 Å². The number of aromatic nitrogens is 2. The maximum atomic E-state index is 15.0. The van der Waals surface area contributed by atoms with Crippen LogP contribution < -0.4 is 16.1 Å². The smallest absolute Gasteiger partial charge is 0.324 e. The van der Waals surface area contributed by atoms with Gasteiger partial charge < -0.3 is 34.3 Å². The molecule has 4 N–H and O–H groups in total. The molecule has 2 saturated heterocycles. The second kappa shape index (κ2) is 20.3. The van der Waals surface area contributed by atoms with Crippen LogP contribution in [0.1, 0.15) is 109 Å². The van der Waals surface area contributed by atoms with E-state index in [0.717, 1.165) is 83.1 Å². The lowest BCUT2D eigenvalue weighted by molar-refractivity contribution is -0.155. The number of hydrazine groups is 1. The van der Waals surface area contributed by atoms with Gasteiger partial charge in [0.15, 0.2) is 0 Å². The van der Waals surface area contributed by atoms with Gasteiger partial charge in [-0.2, -0.15) is 0 Å². The molecule has 6 bridgehead atoms. The highest BCUT2D eigenvalue weighted by molar-refractivity contribution is 5.97. The number of methoxy groups -OCH3 is 1. The molecular weight excluding hydrogens is 901 g/mol. The third-order valence-corrected chi connectivity index (χ3v) is 15.9. The molecule has 4 fully saturated rings. The van der Waals surface area contributed by atoms with E-state index in [0.29, 0.717) is 37.3 Å². The first-order valence-corrected chi connectivity index (χ1v) is 25.8. The number of cyclic esters (lactones) is 1. The summed E-state index contributed by atoms with van der Waals surface area (Å²) in [5.74, 6) is -1.57. The van der Waals surface area contributed by atoms with Crippen LogP contribution in [-0.2, 0) is 52.8 Å². The molecule has 7 atom stereocenters. The van der Waals surface area contributed by atoms with E-state index in [2.05, 4.69) is 59.6 Å². The Bertz CT molecular complexity index is 2690. The average Bonchev–Trinajstić information content (AvgIpc) is 4.29. The zero-order valence-corrected chi connectivity index (χ0v) is 42.6. The number of nitrogens with one attached hydrogen (secondary N) is 3. The number of aryl methyl sites for hydroxylation is 1. The van der Waals surface area contributed by atoms with Crippen LogP contribution in [0.2, 0.25) is 0 Å². The van der Waals surface area contributed by atoms with Gasteiger partial charge >= 0.3 is 5.97 Å². The van der Waals surface area contributed by atoms with E-state index >= 15 is 0 Å². The van der Waals surface area contributed by atoms with Crippen LogP contribution in [0.25, 0.3) is 33.3 Å². The van der Waals surface area contributed by atoms with Crippen molar-refractivity contribution in [1.82, 2.24) is 40.4 Å². The highest BCUT2D eigenvalue weighted by Crippen LogP contribution is 2.43. The van der Waals surface area contributed by atoms with Crippen molar-refractivity contribution in [2.75, 3.05) is 34.4 Å². The van der Waals surface area contributed by atoms with Gasteiger partial charge in [0.1, 0.15) is 36.0 Å². The largest absolute Gasteiger partial charge is 0.508 e. The fourth-order valence-electron chi connectivity index (χ4n) is 11.6. The molecule has 2 aliphatic carbocycles. The summed E-state index contributed by atoms with van der Waals surface area (Å²) in [7, 11) is 4.94. The first-order chi connectivity index (χ1) is 34.0. The van der Waals surface area contributed by atoms with Gasteiger partial charge in [0.2, 0.25) is 17.7 Å². The van der Waals surface area contributed by atoms with Crippen LogP contribution in [-0.4, -0.2) is 130 Å². The van der Waals surface area contributed by atoms with Gasteiger partial charge in [-0.25, -0.2) is 5.43 Å². The normalized spacial score (nSPS) is 23.9. The van der Waals surface area contributed by atoms with Gasteiger partial charge in [-0.15, -0.1) is 0 Å². The number of hydrogen-bond acceptors (Lipinski definition) is 11. The lowest BCUT2D eigenvalue weighted by atomic mass is 9.84. The van der Waals surface area contributed by atoms with Crippen LogP contribution in [0, 0.1) is 17.3 Å². The Morgan fingerprint density at radius 2 is 1.75 bits per heavy atom. The summed E-state index contributed by atoms with van der Waals surface area (Å²) in [6.07, 6.45) is 8.44. The number of hydrogen-bond donors (Lipinski definition) is 4. The molecule has 380 valence electrons. The number of pyridine rings is 1. The van der Waals surface area contributed by atoms with Crippen molar-refractivity contribution in [2.45, 2.75) is 148 Å². The number of benzene rings is 2. The van der Waals surface area contributed by atoms with Crippen molar-refractivity contribution in [3.8, 4) is 28.1 Å². The van der Waals surface area contributed by atoms with E-state index in [1.54, 1.807) is 46.5 Å². The minimum absolute atomic E-state index is 0.00197. The maximum absolute atomic E-state index is 15.0. The molecule has 4 amide bonds. The van der Waals surface area contributed by atoms with Gasteiger partial charge in [-0.05, 0) is 136 Å². The van der Waals surface area contributed by atoms with Crippen molar-refractivity contribution in [3.05, 3.63) is 71.5 Å². The minimum Gasteiger partial charge on any atom is -0.508 e. The van der Waals surface area contributed by atoms with Crippen LogP contribution >= 0.6 is 0 Å². The van der Waals surface area contributed by atoms with Crippen LogP contribution in [0.5, 0.6) is 5.75 Å². The quantitative estimate of drug-likeness (QED) is 0.0951. The van der Waals surface area contributed by atoms with Crippen molar-refractivity contribution >= 4 is 40.5 Å². The van der Waals surface area contributed by atoms with Crippen molar-refractivity contribution < 1.29 is 38.6 Å². The second-order valence-electron chi connectivity index (χ2n) is 21.6. The molecule has 16 nitrogen and oxygen atoms in total. The fourth-order valence-corrected chi connectivity index (χ4v) is 11.6. The SMILES string of the molecule is CCn1c(-c2cccnc2[C@H](C)OC)c2c3cc(ccc31)-c1cc(O)cc(c1)C[C@H](NC(=O)[C@H](C1CCCC1)N(C)C(=O)[C@@H](C)N(C)C(=O)[C@@H]1N[C@@H]1C1CC1)C(=O)N1CCC[C@H](N1)C(=O)OCC(C)(C)C2. The number of esters is 1. The summed E-state index contributed by atoms with van der Waals surface area (Å²) < 4.78 is 14.3. The third kappa shape index (κ3) is 10.3. The number of nitrogens with zero attached hydrogens (tertiary/aromatic N) is 5. The molecule has 3 aliphatic heterocycles. The monoisotopic (exact) mass is 973 g/mol. The number of rotatable bonds is 12. The third-order valence-electron chi connectivity index (χ3n) is 15.9. The summed E-state index contributed by atoms with van der Waals surface area (Å²) in [5.41, 5.74) is 9.62. The number of aromatic hydroxyl groups is 1. The Balaban J connectivity index is 1.09. The number of likely N-dealkylation sites (N-methyl/N-ethyl adjacent to an activating group) is 2. The highest BCUT2D eigenvalue weighted by atomic mass is 16.5. The summed E-state index contributed by atoms with van der Waals surface area (Å²) >= 11 is 0. The molecule has 0 spiro atoms. The zero-order valence-electron chi connectivity index (χ0n) is 42.6. The molecule has 2 saturated carbocycles. The van der Waals surface area contributed by atoms with Crippen LogP contribution in [0.15, 0.2) is 54.7 Å². The van der Waals surface area contributed by atoms with E-state index in [1.807, 2.05) is 25.1 Å². The standard InChI is InChI=1S/C55H72N8O8/c1-9-62-44-21-20-36-28-40(44)41(49(62)39-16-12-22-56-45(39)32(3)70-8)29-55(4,5)30-71-54(69)42-17-13-23-63(59-42)52(67)43(26-33-24-37(36)27-38(64)25-33)57-50(65)48(35-14-10-11-15-35)61(7)51(66)31(2)60(6)53(68)47-46(58-47)34-18-19-34/h12,16,20-22,24-25,27-28,31-32,34-35,42-43,46-48,58-59,64H,9-11,13-15,17-19,23,26,29-30H2,1-8H3,(H,57,65)/t31-,32+,42+,43+,46-,47-,48+/m1/s1. The van der Waals surface area contributed by atoms with Gasteiger partial charge in [-0.1, -0.05) is 38.8 Å². The molecule has 2 aromatic carbocycles. The topological polar surface area (TPSA) is 198 Å². The molecule has 2 aromatic heterocycles. The van der Waals surface area contributed by atoms with Crippen molar-refractivity contribution in [3.63, 3.8) is 0 Å².